The molecule has 0 aliphatic rings. The van der Waals surface area contributed by atoms with Crippen molar-refractivity contribution in [1.29, 1.82) is 0 Å². The molecule has 9 nitrogen and oxygen atoms in total. The Labute approximate surface area is 125 Å². The van der Waals surface area contributed by atoms with Crippen LogP contribution in [0.25, 0.3) is 11.5 Å². The molecule has 2 amide bonds. The molecule has 0 aliphatic heterocycles. The number of carbonyl (C=O) groups is 2. The molecule has 0 aliphatic carbocycles. The zero-order valence-electron chi connectivity index (χ0n) is 11.9. The van der Waals surface area contributed by atoms with Crippen molar-refractivity contribution in [3.05, 3.63) is 30.3 Å². The maximum absolute atomic E-state index is 11.6. The number of hydrogen-bond donors (Lipinski definition) is 2. The van der Waals surface area contributed by atoms with Crippen molar-refractivity contribution in [2.24, 2.45) is 5.73 Å². The SMILES string of the molecule is C[C@H](NC(=O)COCC(N)=O)c1nc(-c2ccccn2)no1. The number of pyridine rings is 1. The second kappa shape index (κ2) is 7.27. The lowest BCUT2D eigenvalue weighted by molar-refractivity contribution is -0.130. The van der Waals surface area contributed by atoms with E-state index in [0.29, 0.717) is 11.5 Å². The fourth-order valence-electron chi connectivity index (χ4n) is 1.60. The zero-order valence-corrected chi connectivity index (χ0v) is 11.9. The van der Waals surface area contributed by atoms with Gasteiger partial charge < -0.3 is 20.3 Å². The Bertz CT molecular complexity index is 643. The number of nitrogens with one attached hydrogen (secondary N) is 1. The van der Waals surface area contributed by atoms with E-state index in [1.165, 1.54) is 0 Å². The standard InChI is InChI=1S/C13H15N5O4/c1-8(16-11(20)7-21-6-10(14)19)13-17-12(18-22-13)9-4-2-3-5-15-9/h2-5,8H,6-7H2,1H3,(H2,14,19)(H,16,20)/t8-/m0/s1. The first kappa shape index (κ1) is 15.6. The minimum absolute atomic E-state index is 0.240. The number of aromatic nitrogens is 3. The van der Waals surface area contributed by atoms with Crippen LogP contribution in [0.4, 0.5) is 0 Å². The van der Waals surface area contributed by atoms with Crippen LogP contribution in [-0.4, -0.2) is 40.2 Å². The molecule has 9 heteroatoms. The lowest BCUT2D eigenvalue weighted by Crippen LogP contribution is -2.31. The van der Waals surface area contributed by atoms with E-state index < -0.39 is 17.9 Å². The van der Waals surface area contributed by atoms with Gasteiger partial charge in [0.05, 0.1) is 0 Å². The Kier molecular flexibility index (Phi) is 5.15. The number of rotatable bonds is 7. The topological polar surface area (TPSA) is 133 Å². The van der Waals surface area contributed by atoms with Gasteiger partial charge in [0.25, 0.3) is 0 Å². The van der Waals surface area contributed by atoms with Crippen molar-refractivity contribution >= 4 is 11.8 Å². The van der Waals surface area contributed by atoms with Crippen LogP contribution in [0.15, 0.2) is 28.9 Å². The van der Waals surface area contributed by atoms with Crippen molar-refractivity contribution in [3.63, 3.8) is 0 Å². The fourth-order valence-corrected chi connectivity index (χ4v) is 1.60. The highest BCUT2D eigenvalue weighted by atomic mass is 16.5. The first-order chi connectivity index (χ1) is 10.6. The molecule has 2 rings (SSSR count). The molecule has 2 heterocycles. The van der Waals surface area contributed by atoms with Crippen molar-refractivity contribution in [2.75, 3.05) is 13.2 Å². The number of nitrogens with zero attached hydrogens (tertiary/aromatic N) is 3. The Morgan fingerprint density at radius 2 is 2.23 bits per heavy atom. The summed E-state index contributed by atoms with van der Waals surface area (Å²) in [5, 5.41) is 6.41. The normalized spacial score (nSPS) is 11.9. The molecule has 2 aromatic heterocycles. The Morgan fingerprint density at radius 3 is 2.91 bits per heavy atom. The van der Waals surface area contributed by atoms with Crippen LogP contribution in [0.5, 0.6) is 0 Å². The molecule has 0 saturated heterocycles. The Hall–Kier alpha value is -2.81. The molecule has 0 fully saturated rings. The quantitative estimate of drug-likeness (QED) is 0.724. The predicted octanol–water partition coefficient (Wildman–Crippen LogP) is -0.189. The summed E-state index contributed by atoms with van der Waals surface area (Å²) >= 11 is 0. The van der Waals surface area contributed by atoms with Gasteiger partial charge in [-0.1, -0.05) is 11.2 Å². The van der Waals surface area contributed by atoms with Crippen LogP contribution in [-0.2, 0) is 14.3 Å². The van der Waals surface area contributed by atoms with E-state index in [1.807, 2.05) is 0 Å². The van der Waals surface area contributed by atoms with Gasteiger partial charge >= 0.3 is 0 Å². The summed E-state index contributed by atoms with van der Waals surface area (Å²) in [6, 6.07) is 4.82. The second-order valence-electron chi connectivity index (χ2n) is 4.42. The molecule has 22 heavy (non-hydrogen) atoms. The average Bonchev–Trinajstić information content (AvgIpc) is 2.97. The summed E-state index contributed by atoms with van der Waals surface area (Å²) in [6.45, 7) is 1.09. The number of ether oxygens (including phenoxy) is 1. The van der Waals surface area contributed by atoms with E-state index in [0.717, 1.165) is 0 Å². The highest BCUT2D eigenvalue weighted by Gasteiger charge is 2.17. The smallest absolute Gasteiger partial charge is 0.249 e. The van der Waals surface area contributed by atoms with Gasteiger partial charge in [0.15, 0.2) is 0 Å². The van der Waals surface area contributed by atoms with Crippen LogP contribution >= 0.6 is 0 Å². The van der Waals surface area contributed by atoms with E-state index in [2.05, 4.69) is 20.4 Å². The van der Waals surface area contributed by atoms with Gasteiger partial charge in [-0.15, -0.1) is 0 Å². The fraction of sp³-hybridized carbons (Fsp3) is 0.308. The lowest BCUT2D eigenvalue weighted by atomic mass is 10.3. The van der Waals surface area contributed by atoms with E-state index in [1.54, 1.807) is 31.3 Å². The van der Waals surface area contributed by atoms with Gasteiger partial charge in [0.2, 0.25) is 23.5 Å². The van der Waals surface area contributed by atoms with E-state index in [-0.39, 0.29) is 19.1 Å². The third-order valence-corrected chi connectivity index (χ3v) is 2.56. The maximum Gasteiger partial charge on any atom is 0.249 e. The van der Waals surface area contributed by atoms with Crippen molar-refractivity contribution < 1.29 is 18.8 Å². The third-order valence-electron chi connectivity index (χ3n) is 2.56. The van der Waals surface area contributed by atoms with Gasteiger partial charge in [-0.05, 0) is 19.1 Å². The highest BCUT2D eigenvalue weighted by molar-refractivity contribution is 5.79. The largest absolute Gasteiger partial charge is 0.368 e. The predicted molar refractivity (Wildman–Crippen MR) is 74.1 cm³/mol. The van der Waals surface area contributed by atoms with Gasteiger partial charge in [-0.25, -0.2) is 0 Å². The first-order valence-corrected chi connectivity index (χ1v) is 6.46. The maximum atomic E-state index is 11.6. The molecule has 1 atom stereocenters. The number of amides is 2. The monoisotopic (exact) mass is 305 g/mol. The molecule has 3 N–H and O–H groups in total. The summed E-state index contributed by atoms with van der Waals surface area (Å²) in [4.78, 5) is 30.4. The van der Waals surface area contributed by atoms with Gasteiger partial charge in [0.1, 0.15) is 24.9 Å². The lowest BCUT2D eigenvalue weighted by Gasteiger charge is -2.09. The molecular weight excluding hydrogens is 290 g/mol. The molecule has 116 valence electrons. The van der Waals surface area contributed by atoms with Crippen LogP contribution < -0.4 is 11.1 Å². The average molecular weight is 305 g/mol. The van der Waals surface area contributed by atoms with Gasteiger partial charge in [-0.2, -0.15) is 4.98 Å². The second-order valence-corrected chi connectivity index (χ2v) is 4.42. The molecule has 0 radical (unpaired) electrons. The molecule has 2 aromatic rings. The number of nitrogens with two attached hydrogens (primary N) is 1. The molecule has 0 unspecified atom stereocenters. The van der Waals surface area contributed by atoms with E-state index in [4.69, 9.17) is 15.0 Å². The van der Waals surface area contributed by atoms with E-state index in [9.17, 15) is 9.59 Å². The molecular formula is C13H15N5O4. The Morgan fingerprint density at radius 1 is 1.41 bits per heavy atom. The number of carbonyl (C=O) groups excluding carboxylic acids is 2. The van der Waals surface area contributed by atoms with Crippen LogP contribution in [0.3, 0.4) is 0 Å². The molecule has 0 aromatic carbocycles. The Balaban J connectivity index is 1.90. The number of primary amides is 1. The minimum Gasteiger partial charge on any atom is -0.368 e. The van der Waals surface area contributed by atoms with Crippen LogP contribution in [0.1, 0.15) is 18.9 Å². The van der Waals surface area contributed by atoms with Crippen LogP contribution in [0.2, 0.25) is 0 Å². The van der Waals surface area contributed by atoms with Crippen LogP contribution in [0, 0.1) is 0 Å². The molecule has 0 saturated carbocycles. The summed E-state index contributed by atoms with van der Waals surface area (Å²) in [5.41, 5.74) is 5.46. The molecule has 0 spiro atoms. The minimum atomic E-state index is -0.641. The summed E-state index contributed by atoms with van der Waals surface area (Å²) in [5.74, 6) is -0.491. The van der Waals surface area contributed by atoms with Crippen molar-refractivity contribution in [3.8, 4) is 11.5 Å². The number of hydrogen-bond acceptors (Lipinski definition) is 7. The highest BCUT2D eigenvalue weighted by Crippen LogP contribution is 2.16. The van der Waals surface area contributed by atoms with Gasteiger partial charge in [0, 0.05) is 6.20 Å². The first-order valence-electron chi connectivity index (χ1n) is 6.46. The molecule has 0 bridgehead atoms. The van der Waals surface area contributed by atoms with E-state index >= 15 is 0 Å². The van der Waals surface area contributed by atoms with Gasteiger partial charge in [-0.3, -0.25) is 14.6 Å². The zero-order chi connectivity index (χ0) is 15.9. The van der Waals surface area contributed by atoms with Crippen molar-refractivity contribution in [2.45, 2.75) is 13.0 Å². The summed E-state index contributed by atoms with van der Waals surface area (Å²) in [7, 11) is 0. The third kappa shape index (κ3) is 4.35. The van der Waals surface area contributed by atoms with Crippen molar-refractivity contribution in [1.82, 2.24) is 20.4 Å². The summed E-state index contributed by atoms with van der Waals surface area (Å²) < 4.78 is 9.90. The summed E-state index contributed by atoms with van der Waals surface area (Å²) in [6.07, 6.45) is 1.62.